The maximum absolute atomic E-state index is 11.3. The molecule has 0 unspecified atom stereocenters. The van der Waals surface area contributed by atoms with Crippen molar-refractivity contribution in [2.24, 2.45) is 16.6 Å². The summed E-state index contributed by atoms with van der Waals surface area (Å²) in [7, 11) is 3.44. The predicted molar refractivity (Wildman–Crippen MR) is 65.2 cm³/mol. The zero-order valence-electron chi connectivity index (χ0n) is 10.4. The minimum Gasteiger partial charge on any atom is -0.370 e. The molecule has 0 aromatic rings. The molecule has 1 rings (SSSR count). The molecule has 0 aromatic heterocycles. The lowest BCUT2D eigenvalue weighted by Crippen LogP contribution is -2.43. The predicted octanol–water partition coefficient (Wildman–Crippen LogP) is 0.121. The van der Waals surface area contributed by atoms with Gasteiger partial charge in [-0.25, -0.2) is 4.99 Å². The second-order valence-electron chi connectivity index (χ2n) is 4.63. The van der Waals surface area contributed by atoms with Gasteiger partial charge in [-0.2, -0.15) is 0 Å². The van der Waals surface area contributed by atoms with Crippen LogP contribution in [0.2, 0.25) is 0 Å². The summed E-state index contributed by atoms with van der Waals surface area (Å²) in [6.07, 6.45) is 2.30. The SMILES string of the molecule is CC1CCN(C(N)=NCC(=O)N(C)C)CC1. The van der Waals surface area contributed by atoms with Gasteiger partial charge in [-0.3, -0.25) is 4.79 Å². The average Bonchev–Trinajstić information content (AvgIpc) is 2.26. The van der Waals surface area contributed by atoms with Crippen LogP contribution in [-0.2, 0) is 4.79 Å². The van der Waals surface area contributed by atoms with Crippen LogP contribution < -0.4 is 5.73 Å². The topological polar surface area (TPSA) is 61.9 Å². The number of hydrogen-bond donors (Lipinski definition) is 1. The summed E-state index contributed by atoms with van der Waals surface area (Å²) in [4.78, 5) is 19.0. The summed E-state index contributed by atoms with van der Waals surface area (Å²) < 4.78 is 0. The van der Waals surface area contributed by atoms with Gasteiger partial charge in [0.2, 0.25) is 5.91 Å². The van der Waals surface area contributed by atoms with Crippen LogP contribution >= 0.6 is 0 Å². The van der Waals surface area contributed by atoms with Gasteiger partial charge in [-0.15, -0.1) is 0 Å². The minimum atomic E-state index is -0.0201. The zero-order valence-corrected chi connectivity index (χ0v) is 10.4. The molecule has 1 amide bonds. The van der Waals surface area contributed by atoms with Crippen molar-refractivity contribution in [1.29, 1.82) is 0 Å². The van der Waals surface area contributed by atoms with Gasteiger partial charge in [0.15, 0.2) is 5.96 Å². The van der Waals surface area contributed by atoms with Crippen LogP contribution in [0.5, 0.6) is 0 Å². The van der Waals surface area contributed by atoms with Crippen molar-refractivity contribution in [2.75, 3.05) is 33.7 Å². The molecule has 0 radical (unpaired) electrons. The summed E-state index contributed by atoms with van der Waals surface area (Å²) in [6, 6.07) is 0. The molecule has 92 valence electrons. The quantitative estimate of drug-likeness (QED) is 0.537. The van der Waals surface area contributed by atoms with E-state index in [2.05, 4.69) is 16.8 Å². The first-order chi connectivity index (χ1) is 7.50. The van der Waals surface area contributed by atoms with E-state index in [1.165, 1.54) is 4.90 Å². The Bertz CT molecular complexity index is 267. The van der Waals surface area contributed by atoms with Crippen molar-refractivity contribution in [2.45, 2.75) is 19.8 Å². The van der Waals surface area contributed by atoms with Crippen LogP contribution in [0, 0.1) is 5.92 Å². The third-order valence-electron chi connectivity index (χ3n) is 2.98. The highest BCUT2D eigenvalue weighted by Gasteiger charge is 2.17. The van der Waals surface area contributed by atoms with E-state index < -0.39 is 0 Å². The van der Waals surface area contributed by atoms with Crippen molar-refractivity contribution in [1.82, 2.24) is 9.80 Å². The van der Waals surface area contributed by atoms with E-state index >= 15 is 0 Å². The van der Waals surface area contributed by atoms with Crippen molar-refractivity contribution in [3.63, 3.8) is 0 Å². The summed E-state index contributed by atoms with van der Waals surface area (Å²) in [5.41, 5.74) is 5.85. The number of nitrogens with two attached hydrogens (primary N) is 1. The molecule has 2 N–H and O–H groups in total. The second kappa shape index (κ2) is 5.72. The normalized spacial score (nSPS) is 18.7. The number of hydrogen-bond acceptors (Lipinski definition) is 2. The molecule has 1 aliphatic heterocycles. The molecule has 0 atom stereocenters. The van der Waals surface area contributed by atoms with Gasteiger partial charge in [-0.05, 0) is 18.8 Å². The monoisotopic (exact) mass is 226 g/mol. The molecule has 5 nitrogen and oxygen atoms in total. The number of nitrogens with zero attached hydrogens (tertiary/aromatic N) is 3. The Hall–Kier alpha value is -1.26. The average molecular weight is 226 g/mol. The molecule has 5 heteroatoms. The van der Waals surface area contributed by atoms with Crippen LogP contribution in [0.1, 0.15) is 19.8 Å². The Balaban J connectivity index is 2.41. The molecular weight excluding hydrogens is 204 g/mol. The molecule has 0 aliphatic carbocycles. The Morgan fingerprint density at radius 3 is 2.50 bits per heavy atom. The smallest absolute Gasteiger partial charge is 0.243 e. The summed E-state index contributed by atoms with van der Waals surface area (Å²) >= 11 is 0. The maximum Gasteiger partial charge on any atom is 0.243 e. The highest BCUT2D eigenvalue weighted by atomic mass is 16.2. The van der Waals surface area contributed by atoms with Crippen molar-refractivity contribution >= 4 is 11.9 Å². The fourth-order valence-electron chi connectivity index (χ4n) is 1.63. The standard InChI is InChI=1S/C11H22N4O/c1-9-4-6-15(7-5-9)11(12)13-8-10(16)14(2)3/h9H,4-8H2,1-3H3,(H2,12,13). The number of aliphatic imine (C=N–C) groups is 1. The maximum atomic E-state index is 11.3. The van der Waals surface area contributed by atoms with E-state index in [9.17, 15) is 4.79 Å². The van der Waals surface area contributed by atoms with E-state index in [1.54, 1.807) is 14.1 Å². The number of likely N-dealkylation sites (N-methyl/N-ethyl adjacent to an activating group) is 1. The Labute approximate surface area is 97.3 Å². The lowest BCUT2D eigenvalue weighted by Gasteiger charge is -2.31. The first-order valence-corrected chi connectivity index (χ1v) is 5.75. The lowest BCUT2D eigenvalue weighted by atomic mass is 10.00. The summed E-state index contributed by atoms with van der Waals surface area (Å²) in [6.45, 7) is 4.30. The second-order valence-corrected chi connectivity index (χ2v) is 4.63. The fraction of sp³-hybridized carbons (Fsp3) is 0.818. The van der Waals surface area contributed by atoms with Crippen molar-refractivity contribution in [3.05, 3.63) is 0 Å². The van der Waals surface area contributed by atoms with Gasteiger partial charge < -0.3 is 15.5 Å². The first kappa shape index (κ1) is 12.8. The Morgan fingerprint density at radius 1 is 1.44 bits per heavy atom. The molecule has 0 spiro atoms. The number of rotatable bonds is 2. The largest absolute Gasteiger partial charge is 0.370 e. The molecule has 0 bridgehead atoms. The van der Waals surface area contributed by atoms with Crippen LogP contribution in [0.3, 0.4) is 0 Å². The lowest BCUT2D eigenvalue weighted by molar-refractivity contribution is -0.127. The third kappa shape index (κ3) is 3.72. The summed E-state index contributed by atoms with van der Waals surface area (Å²) in [5, 5.41) is 0. The molecule has 1 heterocycles. The van der Waals surface area contributed by atoms with Crippen molar-refractivity contribution in [3.8, 4) is 0 Å². The highest BCUT2D eigenvalue weighted by Crippen LogP contribution is 2.15. The molecule has 1 saturated heterocycles. The number of amides is 1. The number of carbonyl (C=O) groups is 1. The Morgan fingerprint density at radius 2 is 2.00 bits per heavy atom. The van der Waals surface area contributed by atoms with Crippen LogP contribution in [0.4, 0.5) is 0 Å². The molecule has 1 fully saturated rings. The fourth-order valence-corrected chi connectivity index (χ4v) is 1.63. The van der Waals surface area contributed by atoms with Crippen LogP contribution in [0.15, 0.2) is 4.99 Å². The third-order valence-corrected chi connectivity index (χ3v) is 2.98. The molecular formula is C11H22N4O. The molecule has 0 saturated carbocycles. The van der Waals surface area contributed by atoms with E-state index in [4.69, 9.17) is 5.73 Å². The van der Waals surface area contributed by atoms with Crippen molar-refractivity contribution < 1.29 is 4.79 Å². The van der Waals surface area contributed by atoms with Gasteiger partial charge >= 0.3 is 0 Å². The molecule has 1 aliphatic rings. The highest BCUT2D eigenvalue weighted by molar-refractivity contribution is 5.83. The zero-order chi connectivity index (χ0) is 12.1. The molecule has 0 aromatic carbocycles. The van der Waals surface area contributed by atoms with E-state index in [1.807, 2.05) is 0 Å². The number of likely N-dealkylation sites (tertiary alicyclic amines) is 1. The number of piperidine rings is 1. The molecule has 16 heavy (non-hydrogen) atoms. The number of guanidine groups is 1. The van der Waals surface area contributed by atoms with E-state index in [-0.39, 0.29) is 12.5 Å². The van der Waals surface area contributed by atoms with Crippen LogP contribution in [0.25, 0.3) is 0 Å². The Kier molecular flexibility index (Phi) is 4.58. The van der Waals surface area contributed by atoms with E-state index in [0.29, 0.717) is 5.96 Å². The van der Waals surface area contributed by atoms with Crippen LogP contribution in [-0.4, -0.2) is 55.4 Å². The number of carbonyl (C=O) groups excluding carboxylic acids is 1. The van der Waals surface area contributed by atoms with Gasteiger partial charge in [-0.1, -0.05) is 6.92 Å². The van der Waals surface area contributed by atoms with Gasteiger partial charge in [0.05, 0.1) is 0 Å². The van der Waals surface area contributed by atoms with Gasteiger partial charge in [0, 0.05) is 27.2 Å². The van der Waals surface area contributed by atoms with Gasteiger partial charge in [0.1, 0.15) is 6.54 Å². The first-order valence-electron chi connectivity index (χ1n) is 5.75. The summed E-state index contributed by atoms with van der Waals surface area (Å²) in [5.74, 6) is 1.25. The van der Waals surface area contributed by atoms with Gasteiger partial charge in [0.25, 0.3) is 0 Å². The van der Waals surface area contributed by atoms with E-state index in [0.717, 1.165) is 31.8 Å². The minimum absolute atomic E-state index is 0.0201.